The van der Waals surface area contributed by atoms with Gasteiger partial charge in [-0.1, -0.05) is 78.9 Å². The van der Waals surface area contributed by atoms with Crippen molar-refractivity contribution in [3.05, 3.63) is 125 Å². The highest BCUT2D eigenvalue weighted by Crippen LogP contribution is 2.23. The molecule has 4 rings (SSSR count). The minimum Gasteiger partial charge on any atom is -0.348 e. The van der Waals surface area contributed by atoms with Gasteiger partial charge in [0.2, 0.25) is 10.0 Å². The zero-order valence-electron chi connectivity index (χ0n) is 18.9. The molecule has 0 fully saturated rings. The Bertz CT molecular complexity index is 1380. The topological polar surface area (TPSA) is 75.3 Å². The third kappa shape index (κ3) is 5.78. The molecule has 0 heterocycles. The van der Waals surface area contributed by atoms with Crippen LogP contribution in [0.1, 0.15) is 27.0 Å². The maximum atomic E-state index is 12.7. The zero-order valence-corrected chi connectivity index (χ0v) is 19.7. The smallest absolute Gasteiger partial charge is 0.251 e. The number of nitrogens with one attached hydrogen (secondary N) is 2. The first kappa shape index (κ1) is 23.4. The summed E-state index contributed by atoms with van der Waals surface area (Å²) in [5.74, 6) is -0.158. The summed E-state index contributed by atoms with van der Waals surface area (Å²) in [6, 6.07) is 31.3. The largest absolute Gasteiger partial charge is 0.348 e. The molecule has 6 heteroatoms. The number of benzene rings is 4. The van der Waals surface area contributed by atoms with Crippen LogP contribution in [0.3, 0.4) is 0 Å². The summed E-state index contributed by atoms with van der Waals surface area (Å²) < 4.78 is 27.9. The van der Waals surface area contributed by atoms with E-state index in [1.165, 1.54) is 0 Å². The summed E-state index contributed by atoms with van der Waals surface area (Å²) in [6.07, 6.45) is 0. The molecular weight excluding hydrogens is 444 g/mol. The third-order valence-electron chi connectivity index (χ3n) is 5.63. The second-order valence-electron chi connectivity index (χ2n) is 8.02. The van der Waals surface area contributed by atoms with Gasteiger partial charge in [-0.05, 0) is 59.0 Å². The molecule has 0 aliphatic heterocycles. The Morgan fingerprint density at radius 1 is 0.735 bits per heavy atom. The van der Waals surface area contributed by atoms with E-state index in [-0.39, 0.29) is 17.3 Å². The van der Waals surface area contributed by atoms with E-state index in [0.717, 1.165) is 27.8 Å². The number of amides is 1. The Morgan fingerprint density at radius 3 is 2.18 bits per heavy atom. The van der Waals surface area contributed by atoms with Crippen LogP contribution < -0.4 is 10.0 Å². The Labute approximate surface area is 200 Å². The van der Waals surface area contributed by atoms with Gasteiger partial charge >= 0.3 is 0 Å². The average Bonchev–Trinajstić information content (AvgIpc) is 2.88. The van der Waals surface area contributed by atoms with Crippen LogP contribution >= 0.6 is 0 Å². The number of carbonyl (C=O) groups is 1. The van der Waals surface area contributed by atoms with Gasteiger partial charge in [0, 0.05) is 18.7 Å². The first-order chi connectivity index (χ1) is 16.4. The second-order valence-corrected chi connectivity index (χ2v) is 9.79. The molecule has 0 unspecified atom stereocenters. The van der Waals surface area contributed by atoms with Gasteiger partial charge in [-0.3, -0.25) is 4.79 Å². The van der Waals surface area contributed by atoms with Gasteiger partial charge in [-0.15, -0.1) is 0 Å². The lowest BCUT2D eigenvalue weighted by Gasteiger charge is -2.10. The standard InChI is InChI=1S/C28H26N2O3S/c1-21-8-5-6-11-26(21)20-29-28(31)25-13-7-12-24(18-25)23-14-16-27(17-15-23)34(32,33)30-19-22-9-3-2-4-10-22/h2-18,30H,19-20H2,1H3,(H,29,31). The highest BCUT2D eigenvalue weighted by Gasteiger charge is 2.14. The Morgan fingerprint density at radius 2 is 1.44 bits per heavy atom. The van der Waals surface area contributed by atoms with Crippen LogP contribution in [0.2, 0.25) is 0 Å². The first-order valence-corrected chi connectivity index (χ1v) is 12.5. The SMILES string of the molecule is Cc1ccccc1CNC(=O)c1cccc(-c2ccc(S(=O)(=O)NCc3ccccc3)cc2)c1. The molecule has 1 amide bonds. The fraction of sp³-hybridized carbons (Fsp3) is 0.107. The summed E-state index contributed by atoms with van der Waals surface area (Å²) in [6.45, 7) is 2.70. The van der Waals surface area contributed by atoms with E-state index < -0.39 is 10.0 Å². The lowest BCUT2D eigenvalue weighted by molar-refractivity contribution is 0.0951. The lowest BCUT2D eigenvalue weighted by atomic mass is 10.0. The Balaban J connectivity index is 1.44. The predicted octanol–water partition coefficient (Wildman–Crippen LogP) is 5.07. The highest BCUT2D eigenvalue weighted by molar-refractivity contribution is 7.89. The summed E-state index contributed by atoms with van der Waals surface area (Å²) in [5, 5.41) is 2.96. The van der Waals surface area contributed by atoms with Crippen LogP contribution in [0.15, 0.2) is 108 Å². The molecule has 5 nitrogen and oxygen atoms in total. The van der Waals surface area contributed by atoms with Crippen molar-refractivity contribution in [2.75, 3.05) is 0 Å². The Hall–Kier alpha value is -3.74. The fourth-order valence-electron chi connectivity index (χ4n) is 3.61. The van der Waals surface area contributed by atoms with Crippen molar-refractivity contribution in [1.29, 1.82) is 0 Å². The van der Waals surface area contributed by atoms with Gasteiger partial charge < -0.3 is 5.32 Å². The number of sulfonamides is 1. The maximum Gasteiger partial charge on any atom is 0.251 e. The van der Waals surface area contributed by atoms with E-state index in [0.29, 0.717) is 12.1 Å². The number of aryl methyl sites for hydroxylation is 1. The van der Waals surface area contributed by atoms with Crippen molar-refractivity contribution in [3.8, 4) is 11.1 Å². The molecule has 0 aliphatic rings. The van der Waals surface area contributed by atoms with Crippen molar-refractivity contribution < 1.29 is 13.2 Å². The quantitative estimate of drug-likeness (QED) is 0.378. The number of hydrogen-bond donors (Lipinski definition) is 2. The number of rotatable bonds is 8. The summed E-state index contributed by atoms with van der Waals surface area (Å²) in [7, 11) is -3.63. The molecule has 0 aromatic heterocycles. The molecule has 4 aromatic rings. The van der Waals surface area contributed by atoms with E-state index in [1.54, 1.807) is 30.3 Å². The molecule has 4 aromatic carbocycles. The molecule has 0 bridgehead atoms. The molecule has 172 valence electrons. The van der Waals surface area contributed by atoms with E-state index in [9.17, 15) is 13.2 Å². The summed E-state index contributed by atoms with van der Waals surface area (Å²) in [4.78, 5) is 12.9. The fourth-order valence-corrected chi connectivity index (χ4v) is 4.63. The monoisotopic (exact) mass is 470 g/mol. The van der Waals surface area contributed by atoms with Crippen molar-refractivity contribution in [1.82, 2.24) is 10.0 Å². The van der Waals surface area contributed by atoms with E-state index in [4.69, 9.17) is 0 Å². The number of carbonyl (C=O) groups excluding carboxylic acids is 1. The van der Waals surface area contributed by atoms with Crippen LogP contribution in [-0.2, 0) is 23.1 Å². The minimum atomic E-state index is -3.63. The van der Waals surface area contributed by atoms with Gasteiger partial charge in [0.25, 0.3) is 5.91 Å². The molecule has 0 saturated heterocycles. The van der Waals surface area contributed by atoms with Crippen LogP contribution in [-0.4, -0.2) is 14.3 Å². The highest BCUT2D eigenvalue weighted by atomic mass is 32.2. The van der Waals surface area contributed by atoms with E-state index >= 15 is 0 Å². The van der Waals surface area contributed by atoms with E-state index in [1.807, 2.05) is 79.7 Å². The minimum absolute atomic E-state index is 0.158. The lowest BCUT2D eigenvalue weighted by Crippen LogP contribution is -2.23. The van der Waals surface area contributed by atoms with Crippen LogP contribution in [0.5, 0.6) is 0 Å². The molecular formula is C28H26N2O3S. The summed E-state index contributed by atoms with van der Waals surface area (Å²) in [5.41, 5.74) is 5.31. The van der Waals surface area contributed by atoms with Gasteiger partial charge in [-0.25, -0.2) is 13.1 Å². The first-order valence-electron chi connectivity index (χ1n) is 11.0. The van der Waals surface area contributed by atoms with Gasteiger partial charge in [0.1, 0.15) is 0 Å². The van der Waals surface area contributed by atoms with Gasteiger partial charge in [0.15, 0.2) is 0 Å². The van der Waals surface area contributed by atoms with Gasteiger partial charge in [0.05, 0.1) is 4.90 Å². The van der Waals surface area contributed by atoms with E-state index in [2.05, 4.69) is 10.0 Å². The van der Waals surface area contributed by atoms with Crippen molar-refractivity contribution in [2.24, 2.45) is 0 Å². The van der Waals surface area contributed by atoms with Crippen LogP contribution in [0.4, 0.5) is 0 Å². The molecule has 0 spiro atoms. The average molecular weight is 471 g/mol. The predicted molar refractivity (Wildman–Crippen MR) is 135 cm³/mol. The second kappa shape index (κ2) is 10.5. The van der Waals surface area contributed by atoms with Crippen molar-refractivity contribution in [3.63, 3.8) is 0 Å². The van der Waals surface area contributed by atoms with Crippen molar-refractivity contribution in [2.45, 2.75) is 24.9 Å². The Kier molecular flexibility index (Phi) is 7.21. The molecule has 0 radical (unpaired) electrons. The maximum absolute atomic E-state index is 12.7. The third-order valence-corrected chi connectivity index (χ3v) is 7.05. The molecule has 0 aliphatic carbocycles. The van der Waals surface area contributed by atoms with Gasteiger partial charge in [-0.2, -0.15) is 0 Å². The normalized spacial score (nSPS) is 11.2. The molecule has 2 N–H and O–H groups in total. The molecule has 0 atom stereocenters. The van der Waals surface area contributed by atoms with Crippen LogP contribution in [0, 0.1) is 6.92 Å². The zero-order chi connectivity index (χ0) is 24.0. The van der Waals surface area contributed by atoms with Crippen molar-refractivity contribution >= 4 is 15.9 Å². The number of hydrogen-bond acceptors (Lipinski definition) is 3. The summed E-state index contributed by atoms with van der Waals surface area (Å²) >= 11 is 0. The molecule has 0 saturated carbocycles. The van der Waals surface area contributed by atoms with Crippen LogP contribution in [0.25, 0.3) is 11.1 Å². The molecule has 34 heavy (non-hydrogen) atoms.